The summed E-state index contributed by atoms with van der Waals surface area (Å²) in [4.78, 5) is 37.7. The van der Waals surface area contributed by atoms with Crippen LogP contribution in [0.25, 0.3) is 0 Å². The molecular weight excluding hydrogens is 280 g/mol. The fourth-order valence-corrected chi connectivity index (χ4v) is 4.09. The number of imide groups is 1. The molecule has 0 aromatic heterocycles. The van der Waals surface area contributed by atoms with E-state index < -0.39 is 0 Å². The second-order valence-corrected chi connectivity index (χ2v) is 6.15. The number of nitrogens with zero attached hydrogens (tertiary/aromatic N) is 2. The minimum atomic E-state index is -0.340. The minimum absolute atomic E-state index is 0.140. The number of allylic oxidation sites excluding steroid dienone is 2. The molecule has 1 aliphatic heterocycles. The zero-order chi connectivity index (χ0) is 15.4. The highest BCUT2D eigenvalue weighted by atomic mass is 16.2. The molecule has 3 aliphatic rings. The molecule has 4 unspecified atom stereocenters. The van der Waals surface area contributed by atoms with Crippen LogP contribution in [-0.4, -0.2) is 22.7 Å². The molecule has 2 aliphatic carbocycles. The van der Waals surface area contributed by atoms with Gasteiger partial charge in [0, 0.05) is 6.92 Å². The average Bonchev–Trinajstić information content (AvgIpc) is 3.18. The number of hydrogen-bond acceptors (Lipinski definition) is 3. The second kappa shape index (κ2) is 4.53. The van der Waals surface area contributed by atoms with E-state index in [9.17, 15) is 14.4 Å². The lowest BCUT2D eigenvalue weighted by molar-refractivity contribution is -0.145. The van der Waals surface area contributed by atoms with Crippen LogP contribution in [0.4, 0.5) is 5.69 Å². The van der Waals surface area contributed by atoms with Crippen LogP contribution in [0.5, 0.6) is 0 Å². The zero-order valence-electron chi connectivity index (χ0n) is 12.2. The molecule has 2 fully saturated rings. The van der Waals surface area contributed by atoms with Crippen LogP contribution in [0, 0.1) is 23.7 Å². The number of amides is 3. The van der Waals surface area contributed by atoms with E-state index in [-0.39, 0.29) is 41.4 Å². The maximum Gasteiger partial charge on any atom is 0.253 e. The molecule has 0 spiro atoms. The number of carbonyl (C=O) groups excluding carboxylic acids is 3. The molecule has 0 radical (unpaired) electrons. The summed E-state index contributed by atoms with van der Waals surface area (Å²) < 4.78 is 0. The fraction of sp³-hybridized carbons (Fsp3) is 0.353. The average molecular weight is 296 g/mol. The summed E-state index contributed by atoms with van der Waals surface area (Å²) in [5.74, 6) is -1.15. The maximum absolute atomic E-state index is 12.8. The Morgan fingerprint density at radius 3 is 2.09 bits per heavy atom. The number of anilines is 1. The Morgan fingerprint density at radius 2 is 1.59 bits per heavy atom. The van der Waals surface area contributed by atoms with Gasteiger partial charge in [0.2, 0.25) is 5.91 Å². The zero-order valence-corrected chi connectivity index (χ0v) is 12.2. The molecule has 3 amide bonds. The fourth-order valence-electron chi connectivity index (χ4n) is 4.09. The first-order valence-corrected chi connectivity index (χ1v) is 7.51. The Hall–Kier alpha value is -2.43. The Morgan fingerprint density at radius 1 is 1.05 bits per heavy atom. The van der Waals surface area contributed by atoms with Crippen molar-refractivity contribution in [2.24, 2.45) is 23.7 Å². The highest BCUT2D eigenvalue weighted by Crippen LogP contribution is 2.52. The van der Waals surface area contributed by atoms with E-state index in [0.29, 0.717) is 5.69 Å². The topological polar surface area (TPSA) is 57.7 Å². The summed E-state index contributed by atoms with van der Waals surface area (Å²) >= 11 is 0. The van der Waals surface area contributed by atoms with Gasteiger partial charge in [-0.15, -0.1) is 0 Å². The van der Waals surface area contributed by atoms with Crippen molar-refractivity contribution >= 4 is 23.4 Å². The first-order chi connectivity index (χ1) is 10.6. The quantitative estimate of drug-likeness (QED) is 0.617. The van der Waals surface area contributed by atoms with Gasteiger partial charge in [-0.2, -0.15) is 5.01 Å². The SMILES string of the molecule is CC(=O)N(c1ccccc1)N1C(=O)C2C3C=CC(C3)C2C1=O. The van der Waals surface area contributed by atoms with E-state index in [1.165, 1.54) is 11.9 Å². The van der Waals surface area contributed by atoms with Crippen molar-refractivity contribution in [3.63, 3.8) is 0 Å². The number of hydrogen-bond donors (Lipinski definition) is 0. The van der Waals surface area contributed by atoms with Gasteiger partial charge in [0.15, 0.2) is 0 Å². The first-order valence-electron chi connectivity index (χ1n) is 7.51. The van der Waals surface area contributed by atoms with Crippen molar-refractivity contribution in [2.45, 2.75) is 13.3 Å². The molecule has 1 aromatic carbocycles. The van der Waals surface area contributed by atoms with Gasteiger partial charge in [0.1, 0.15) is 0 Å². The Kier molecular flexibility index (Phi) is 2.73. The van der Waals surface area contributed by atoms with Crippen LogP contribution in [-0.2, 0) is 14.4 Å². The van der Waals surface area contributed by atoms with Gasteiger partial charge in [-0.25, -0.2) is 5.01 Å². The lowest BCUT2D eigenvalue weighted by Gasteiger charge is -2.30. The standard InChI is InChI=1S/C17H16N2O3/c1-10(20)18(13-5-3-2-4-6-13)19-16(21)14-11-7-8-12(9-11)15(14)17(19)22/h2-8,11-12,14-15H,9H2,1H3. The van der Waals surface area contributed by atoms with E-state index in [4.69, 9.17) is 0 Å². The first kappa shape index (κ1) is 13.2. The predicted molar refractivity (Wildman–Crippen MR) is 79.2 cm³/mol. The van der Waals surface area contributed by atoms with Crippen LogP contribution < -0.4 is 5.01 Å². The lowest BCUT2D eigenvalue weighted by Crippen LogP contribution is -2.50. The van der Waals surface area contributed by atoms with Crippen molar-refractivity contribution in [3.05, 3.63) is 42.5 Å². The van der Waals surface area contributed by atoms with Crippen LogP contribution in [0.2, 0.25) is 0 Å². The monoisotopic (exact) mass is 296 g/mol. The van der Waals surface area contributed by atoms with Crippen LogP contribution in [0.3, 0.4) is 0 Å². The maximum atomic E-state index is 12.8. The molecule has 4 rings (SSSR count). The molecule has 1 saturated carbocycles. The molecule has 1 saturated heterocycles. The van der Waals surface area contributed by atoms with Gasteiger partial charge < -0.3 is 0 Å². The number of hydrazine groups is 1. The normalized spacial score (nSPS) is 31.8. The number of rotatable bonds is 2. The molecule has 5 heteroatoms. The van der Waals surface area contributed by atoms with Crippen molar-refractivity contribution in [3.8, 4) is 0 Å². The van der Waals surface area contributed by atoms with Crippen molar-refractivity contribution in [2.75, 3.05) is 5.01 Å². The number of carbonyl (C=O) groups is 3. The minimum Gasteiger partial charge on any atom is -0.273 e. The molecule has 4 atom stereocenters. The van der Waals surface area contributed by atoms with Gasteiger partial charge in [-0.1, -0.05) is 30.4 Å². The van der Waals surface area contributed by atoms with Crippen molar-refractivity contribution < 1.29 is 14.4 Å². The number of fused-ring (bicyclic) bond motifs is 5. The van der Waals surface area contributed by atoms with Gasteiger partial charge in [0.05, 0.1) is 17.5 Å². The molecule has 22 heavy (non-hydrogen) atoms. The largest absolute Gasteiger partial charge is 0.273 e. The van der Waals surface area contributed by atoms with Crippen molar-refractivity contribution in [1.29, 1.82) is 0 Å². The molecular formula is C17H16N2O3. The number of para-hydroxylation sites is 1. The van der Waals surface area contributed by atoms with E-state index >= 15 is 0 Å². The van der Waals surface area contributed by atoms with E-state index in [1.807, 2.05) is 18.2 Å². The summed E-state index contributed by atoms with van der Waals surface area (Å²) in [7, 11) is 0. The highest BCUT2D eigenvalue weighted by molar-refractivity contribution is 6.11. The summed E-state index contributed by atoms with van der Waals surface area (Å²) in [6, 6.07) is 8.84. The highest BCUT2D eigenvalue weighted by Gasteiger charge is 2.61. The van der Waals surface area contributed by atoms with Crippen LogP contribution >= 0.6 is 0 Å². The third-order valence-corrected chi connectivity index (χ3v) is 4.95. The molecule has 1 heterocycles. The third kappa shape index (κ3) is 1.62. The predicted octanol–water partition coefficient (Wildman–Crippen LogP) is 1.76. The summed E-state index contributed by atoms with van der Waals surface area (Å²) in [5.41, 5.74) is 0.539. The van der Waals surface area contributed by atoms with Crippen molar-refractivity contribution in [1.82, 2.24) is 5.01 Å². The van der Waals surface area contributed by atoms with Crippen LogP contribution in [0.1, 0.15) is 13.3 Å². The van der Waals surface area contributed by atoms with E-state index in [0.717, 1.165) is 11.4 Å². The smallest absolute Gasteiger partial charge is 0.253 e. The van der Waals surface area contributed by atoms with Gasteiger partial charge >= 0.3 is 0 Å². The molecule has 0 N–H and O–H groups in total. The van der Waals surface area contributed by atoms with E-state index in [1.54, 1.807) is 24.3 Å². The molecule has 2 bridgehead atoms. The van der Waals surface area contributed by atoms with Gasteiger partial charge in [-0.05, 0) is 30.4 Å². The number of benzene rings is 1. The Labute approximate surface area is 128 Å². The van der Waals surface area contributed by atoms with Gasteiger partial charge in [0.25, 0.3) is 11.8 Å². The molecule has 5 nitrogen and oxygen atoms in total. The Balaban J connectivity index is 1.74. The summed E-state index contributed by atoms with van der Waals surface area (Å²) in [6.45, 7) is 1.37. The van der Waals surface area contributed by atoms with Crippen LogP contribution in [0.15, 0.2) is 42.5 Å². The van der Waals surface area contributed by atoms with Gasteiger partial charge in [-0.3, -0.25) is 14.4 Å². The summed E-state index contributed by atoms with van der Waals surface area (Å²) in [5, 5.41) is 2.28. The lowest BCUT2D eigenvalue weighted by atomic mass is 9.85. The molecule has 1 aromatic rings. The van der Waals surface area contributed by atoms with E-state index in [2.05, 4.69) is 0 Å². The Bertz CT molecular complexity index is 667. The second-order valence-electron chi connectivity index (χ2n) is 6.15. The summed E-state index contributed by atoms with van der Waals surface area (Å²) in [6.07, 6.45) is 4.97. The molecule has 112 valence electrons. The third-order valence-electron chi connectivity index (χ3n) is 4.95.